The average Bonchev–Trinajstić information content (AvgIpc) is 3.12. The van der Waals surface area contributed by atoms with Crippen molar-refractivity contribution in [2.45, 2.75) is 25.7 Å². The van der Waals surface area contributed by atoms with Crippen molar-refractivity contribution in [2.75, 3.05) is 0 Å². The van der Waals surface area contributed by atoms with Gasteiger partial charge in [0.25, 0.3) is 11.8 Å². The van der Waals surface area contributed by atoms with Gasteiger partial charge >= 0.3 is 6.36 Å². The van der Waals surface area contributed by atoms with E-state index in [0.717, 1.165) is 12.1 Å². The Morgan fingerprint density at radius 3 is 2.28 bits per heavy atom. The average molecular weight is 426 g/mol. The first-order valence-corrected chi connectivity index (χ1v) is 8.70. The second-order valence-electron chi connectivity index (χ2n) is 6.58. The third-order valence-corrected chi connectivity index (χ3v) is 4.09. The maximum Gasteiger partial charge on any atom is 0.573 e. The Morgan fingerprint density at radius 2 is 1.69 bits per heavy atom. The van der Waals surface area contributed by atoms with Crippen LogP contribution in [0.15, 0.2) is 53.1 Å². The monoisotopic (exact) mass is 425 g/mol. The summed E-state index contributed by atoms with van der Waals surface area (Å²) in [5, 5.41) is 7.12. The van der Waals surface area contributed by atoms with Crippen molar-refractivity contribution < 1.29 is 27.2 Å². The fourth-order valence-corrected chi connectivity index (χ4v) is 2.54. The van der Waals surface area contributed by atoms with Crippen molar-refractivity contribution in [1.29, 1.82) is 0 Å². The third kappa shape index (κ3) is 5.26. The summed E-state index contributed by atoms with van der Waals surface area (Å²) < 4.78 is 45.8. The number of nitrogens with one attached hydrogen (secondary N) is 1. The van der Waals surface area contributed by atoms with Gasteiger partial charge in [-0.15, -0.1) is 13.2 Å². The van der Waals surface area contributed by atoms with E-state index in [-0.39, 0.29) is 23.4 Å². The van der Waals surface area contributed by atoms with E-state index in [9.17, 15) is 18.0 Å². The van der Waals surface area contributed by atoms with E-state index >= 15 is 0 Å². The zero-order valence-corrected chi connectivity index (χ0v) is 16.0. The fraction of sp³-hybridized carbons (Fsp3) is 0.211. The molecule has 3 aromatic rings. The first kappa shape index (κ1) is 20.7. The molecule has 0 fully saturated rings. The van der Waals surface area contributed by atoms with Gasteiger partial charge in [0, 0.05) is 16.1 Å². The van der Waals surface area contributed by atoms with Gasteiger partial charge in [-0.2, -0.15) is 4.98 Å². The highest BCUT2D eigenvalue weighted by molar-refractivity contribution is 6.30. The molecule has 0 saturated heterocycles. The Kier molecular flexibility index (Phi) is 5.52. The number of amides is 1. The van der Waals surface area contributed by atoms with Crippen LogP contribution in [0.25, 0.3) is 11.4 Å². The minimum absolute atomic E-state index is 0.130. The minimum Gasteiger partial charge on any atom is -0.406 e. The number of alkyl halides is 3. The fourth-order valence-electron chi connectivity index (χ4n) is 2.41. The predicted octanol–water partition coefficient (Wildman–Crippen LogP) is 4.95. The van der Waals surface area contributed by atoms with Gasteiger partial charge in [-0.3, -0.25) is 4.79 Å². The van der Waals surface area contributed by atoms with Gasteiger partial charge < -0.3 is 14.6 Å². The molecule has 0 saturated carbocycles. The van der Waals surface area contributed by atoms with Crippen LogP contribution in [-0.2, 0) is 5.54 Å². The van der Waals surface area contributed by atoms with E-state index in [1.165, 1.54) is 12.1 Å². The van der Waals surface area contributed by atoms with E-state index in [2.05, 4.69) is 20.2 Å². The van der Waals surface area contributed by atoms with Gasteiger partial charge in [-0.05, 0) is 62.4 Å². The highest BCUT2D eigenvalue weighted by atomic mass is 35.5. The summed E-state index contributed by atoms with van der Waals surface area (Å²) in [5.41, 5.74) is -0.168. The van der Waals surface area contributed by atoms with Gasteiger partial charge in [0.2, 0.25) is 5.82 Å². The molecule has 0 aliphatic carbocycles. The number of carbonyl (C=O) groups excluding carboxylic acids is 1. The first-order valence-electron chi connectivity index (χ1n) is 8.32. The molecule has 152 valence electrons. The number of aromatic nitrogens is 2. The first-order chi connectivity index (χ1) is 13.5. The molecule has 1 amide bonds. The smallest absolute Gasteiger partial charge is 0.406 e. The number of ether oxygens (including phenoxy) is 1. The summed E-state index contributed by atoms with van der Waals surface area (Å²) in [6.45, 7) is 3.36. The molecule has 0 bridgehead atoms. The Bertz CT molecular complexity index is 1000. The maximum absolute atomic E-state index is 12.4. The lowest BCUT2D eigenvalue weighted by Gasteiger charge is -2.21. The van der Waals surface area contributed by atoms with Crippen LogP contribution in [-0.4, -0.2) is 22.4 Å². The van der Waals surface area contributed by atoms with Crippen LogP contribution in [0, 0.1) is 0 Å². The van der Waals surface area contributed by atoms with Crippen LogP contribution < -0.4 is 10.1 Å². The summed E-state index contributed by atoms with van der Waals surface area (Å²) in [4.78, 5) is 16.7. The molecule has 3 rings (SSSR count). The molecule has 1 heterocycles. The van der Waals surface area contributed by atoms with Crippen LogP contribution in [0.1, 0.15) is 30.1 Å². The van der Waals surface area contributed by atoms with Crippen molar-refractivity contribution in [2.24, 2.45) is 0 Å². The van der Waals surface area contributed by atoms with Gasteiger partial charge in [0.1, 0.15) is 11.3 Å². The topological polar surface area (TPSA) is 77.2 Å². The summed E-state index contributed by atoms with van der Waals surface area (Å²) in [6.07, 6.45) is -4.77. The zero-order valence-electron chi connectivity index (χ0n) is 15.2. The molecule has 0 unspecified atom stereocenters. The summed E-state index contributed by atoms with van der Waals surface area (Å²) in [6, 6.07) is 11.4. The predicted molar refractivity (Wildman–Crippen MR) is 98.4 cm³/mol. The van der Waals surface area contributed by atoms with Crippen molar-refractivity contribution in [3.63, 3.8) is 0 Å². The maximum atomic E-state index is 12.4. The number of hydrogen-bond donors (Lipinski definition) is 1. The van der Waals surface area contributed by atoms with Gasteiger partial charge in [-0.25, -0.2) is 0 Å². The molecule has 1 N–H and O–H groups in total. The number of hydrogen-bond acceptors (Lipinski definition) is 5. The highest BCUT2D eigenvalue weighted by Crippen LogP contribution is 2.27. The quantitative estimate of drug-likeness (QED) is 0.625. The van der Waals surface area contributed by atoms with Crippen molar-refractivity contribution in [3.05, 3.63) is 65.0 Å². The largest absolute Gasteiger partial charge is 0.573 e. The molecule has 10 heteroatoms. The zero-order chi connectivity index (χ0) is 21.2. The molecule has 0 atom stereocenters. The lowest BCUT2D eigenvalue weighted by atomic mass is 10.0. The summed E-state index contributed by atoms with van der Waals surface area (Å²) in [7, 11) is 0. The van der Waals surface area contributed by atoms with Crippen LogP contribution in [0.5, 0.6) is 5.75 Å². The Labute approximate surface area is 168 Å². The summed E-state index contributed by atoms with van der Waals surface area (Å²) in [5.74, 6) is -0.432. The molecule has 0 radical (unpaired) electrons. The molecule has 0 spiro atoms. The molecule has 6 nitrogen and oxygen atoms in total. The van der Waals surface area contributed by atoms with Crippen molar-refractivity contribution >= 4 is 17.5 Å². The molecule has 2 aromatic carbocycles. The minimum atomic E-state index is -4.77. The Morgan fingerprint density at radius 1 is 1.07 bits per heavy atom. The second kappa shape index (κ2) is 7.75. The van der Waals surface area contributed by atoms with E-state index in [1.807, 2.05) is 0 Å². The number of halogens is 4. The SMILES string of the molecule is CC(C)(NC(=O)c1ccc(Cl)cc1)c1nc(-c2ccc(OC(F)(F)F)cc2)no1. The molecular formula is C19H15ClF3N3O3. The van der Waals surface area contributed by atoms with E-state index in [1.54, 1.807) is 38.1 Å². The van der Waals surface area contributed by atoms with Crippen molar-refractivity contribution in [1.82, 2.24) is 15.5 Å². The molecular weight excluding hydrogens is 411 g/mol. The van der Waals surface area contributed by atoms with Gasteiger partial charge in [0.05, 0.1) is 0 Å². The van der Waals surface area contributed by atoms with Crippen LogP contribution in [0.2, 0.25) is 5.02 Å². The number of carbonyl (C=O) groups is 1. The van der Waals surface area contributed by atoms with Gasteiger partial charge in [0.15, 0.2) is 0 Å². The van der Waals surface area contributed by atoms with Crippen LogP contribution >= 0.6 is 11.6 Å². The Balaban J connectivity index is 1.74. The van der Waals surface area contributed by atoms with Crippen LogP contribution in [0.3, 0.4) is 0 Å². The third-order valence-electron chi connectivity index (χ3n) is 3.84. The highest BCUT2D eigenvalue weighted by Gasteiger charge is 2.32. The lowest BCUT2D eigenvalue weighted by molar-refractivity contribution is -0.274. The normalized spacial score (nSPS) is 11.9. The Hall–Kier alpha value is -3.07. The molecule has 1 aromatic heterocycles. The molecule has 0 aliphatic rings. The molecule has 29 heavy (non-hydrogen) atoms. The summed E-state index contributed by atoms with van der Waals surface area (Å²) >= 11 is 5.82. The number of rotatable bonds is 5. The van der Waals surface area contributed by atoms with Crippen LogP contribution in [0.4, 0.5) is 13.2 Å². The standard InChI is InChI=1S/C19H15ClF3N3O3/c1-18(2,25-16(27)12-3-7-13(20)8-4-12)17-24-15(26-29-17)11-5-9-14(10-6-11)28-19(21,22)23/h3-10H,1-2H3,(H,25,27). The van der Waals surface area contributed by atoms with E-state index in [0.29, 0.717) is 16.1 Å². The number of nitrogens with zero attached hydrogens (tertiary/aromatic N) is 2. The second-order valence-corrected chi connectivity index (χ2v) is 7.02. The van der Waals surface area contributed by atoms with E-state index < -0.39 is 11.9 Å². The number of benzene rings is 2. The molecule has 0 aliphatic heterocycles. The lowest BCUT2D eigenvalue weighted by Crippen LogP contribution is -2.41. The van der Waals surface area contributed by atoms with Crippen molar-refractivity contribution in [3.8, 4) is 17.1 Å². The van der Waals surface area contributed by atoms with E-state index in [4.69, 9.17) is 16.1 Å². The van der Waals surface area contributed by atoms with Gasteiger partial charge in [-0.1, -0.05) is 16.8 Å².